The van der Waals surface area contributed by atoms with Gasteiger partial charge in [0.1, 0.15) is 18.5 Å². The first-order chi connectivity index (χ1) is 12.2. The van der Waals surface area contributed by atoms with Crippen LogP contribution in [-0.2, 0) is 4.74 Å². The van der Waals surface area contributed by atoms with E-state index in [1.54, 1.807) is 7.11 Å². The zero-order valence-electron chi connectivity index (χ0n) is 14.1. The lowest BCUT2D eigenvalue weighted by atomic mass is 9.96. The number of methoxy groups -OCH3 is 1. The highest BCUT2D eigenvalue weighted by Gasteiger charge is 2.24. The van der Waals surface area contributed by atoms with Crippen LogP contribution in [0.1, 0.15) is 5.56 Å². The Bertz CT molecular complexity index is 938. The Kier molecular flexibility index (Phi) is 4.36. The molecule has 128 valence electrons. The number of aromatic nitrogens is 1. The summed E-state index contributed by atoms with van der Waals surface area (Å²) in [7, 11) is 1.65. The van der Waals surface area contributed by atoms with Gasteiger partial charge in [-0.05, 0) is 31.2 Å². The van der Waals surface area contributed by atoms with Crippen molar-refractivity contribution in [1.82, 2.24) is 4.98 Å². The molecule has 4 rings (SSSR count). The summed E-state index contributed by atoms with van der Waals surface area (Å²) in [5.74, 6) is 1.47. The largest absolute Gasteiger partial charge is 0.490 e. The van der Waals surface area contributed by atoms with Gasteiger partial charge in [0.05, 0.1) is 19.2 Å². The third-order valence-electron chi connectivity index (χ3n) is 4.32. The molecule has 5 heteroatoms. The Balaban J connectivity index is 1.93. The number of pyridine rings is 1. The van der Waals surface area contributed by atoms with Crippen LogP contribution in [0.5, 0.6) is 11.6 Å². The molecule has 1 aliphatic rings. The monoisotopic (exact) mass is 399 g/mol. The fraction of sp³-hybridized carbons (Fsp3) is 0.250. The molecule has 2 aromatic carbocycles. The molecule has 0 N–H and O–H groups in total. The second-order valence-corrected chi connectivity index (χ2v) is 6.96. The Labute approximate surface area is 154 Å². The van der Waals surface area contributed by atoms with Crippen molar-refractivity contribution in [3.63, 3.8) is 0 Å². The van der Waals surface area contributed by atoms with Crippen LogP contribution < -0.4 is 9.47 Å². The van der Waals surface area contributed by atoms with Gasteiger partial charge in [0, 0.05) is 26.5 Å². The molecule has 1 saturated heterocycles. The number of ether oxygens (including phenoxy) is 3. The minimum absolute atomic E-state index is 0.215. The molecule has 0 saturated carbocycles. The van der Waals surface area contributed by atoms with Gasteiger partial charge in [0.2, 0.25) is 5.88 Å². The van der Waals surface area contributed by atoms with E-state index in [4.69, 9.17) is 14.2 Å². The SMILES string of the molecule is COc1nc2ccc(Br)cc2c(-c2ccccc2OCC2CO2)c1C. The molecule has 0 amide bonds. The molecule has 0 spiro atoms. The lowest BCUT2D eigenvalue weighted by Crippen LogP contribution is -2.05. The van der Waals surface area contributed by atoms with Gasteiger partial charge < -0.3 is 14.2 Å². The van der Waals surface area contributed by atoms with Gasteiger partial charge >= 0.3 is 0 Å². The number of rotatable bonds is 5. The number of nitrogens with zero attached hydrogens (tertiary/aromatic N) is 1. The fourth-order valence-corrected chi connectivity index (χ4v) is 3.36. The molecule has 1 aromatic heterocycles. The van der Waals surface area contributed by atoms with Crippen molar-refractivity contribution in [3.05, 3.63) is 52.5 Å². The van der Waals surface area contributed by atoms with Crippen LogP contribution in [-0.4, -0.2) is 31.4 Å². The molecular weight excluding hydrogens is 382 g/mol. The van der Waals surface area contributed by atoms with Crippen molar-refractivity contribution < 1.29 is 14.2 Å². The van der Waals surface area contributed by atoms with Gasteiger partial charge in [-0.1, -0.05) is 34.1 Å². The Morgan fingerprint density at radius 1 is 1.24 bits per heavy atom. The van der Waals surface area contributed by atoms with E-state index in [0.717, 1.165) is 44.4 Å². The van der Waals surface area contributed by atoms with E-state index in [9.17, 15) is 0 Å². The quantitative estimate of drug-likeness (QED) is 0.580. The minimum Gasteiger partial charge on any atom is -0.490 e. The normalized spacial score (nSPS) is 16.0. The van der Waals surface area contributed by atoms with E-state index >= 15 is 0 Å². The molecule has 4 nitrogen and oxygen atoms in total. The maximum atomic E-state index is 6.03. The molecule has 1 unspecified atom stereocenters. The Hall–Kier alpha value is -2.11. The molecule has 1 atom stereocenters. The van der Waals surface area contributed by atoms with Crippen molar-refractivity contribution in [3.8, 4) is 22.8 Å². The summed E-state index contributed by atoms with van der Waals surface area (Å²) >= 11 is 3.57. The van der Waals surface area contributed by atoms with Crippen molar-refractivity contribution in [2.45, 2.75) is 13.0 Å². The smallest absolute Gasteiger partial charge is 0.217 e. The second kappa shape index (κ2) is 6.65. The molecule has 0 aliphatic carbocycles. The minimum atomic E-state index is 0.215. The van der Waals surface area contributed by atoms with Crippen LogP contribution in [0.25, 0.3) is 22.0 Å². The average Bonchev–Trinajstić information content (AvgIpc) is 3.44. The molecule has 1 aliphatic heterocycles. The van der Waals surface area contributed by atoms with E-state index < -0.39 is 0 Å². The Morgan fingerprint density at radius 3 is 2.80 bits per heavy atom. The maximum Gasteiger partial charge on any atom is 0.217 e. The summed E-state index contributed by atoms with van der Waals surface area (Å²) in [5.41, 5.74) is 3.99. The molecule has 25 heavy (non-hydrogen) atoms. The summed E-state index contributed by atoms with van der Waals surface area (Å²) in [6, 6.07) is 14.1. The average molecular weight is 400 g/mol. The van der Waals surface area contributed by atoms with Gasteiger partial charge in [-0.3, -0.25) is 0 Å². The van der Waals surface area contributed by atoms with E-state index in [0.29, 0.717) is 12.5 Å². The maximum absolute atomic E-state index is 6.03. The molecular formula is C20H18BrNO3. The molecule has 3 aromatic rings. The fourth-order valence-electron chi connectivity index (χ4n) is 3.00. The van der Waals surface area contributed by atoms with Gasteiger partial charge in [-0.25, -0.2) is 4.98 Å². The molecule has 0 radical (unpaired) electrons. The van der Waals surface area contributed by atoms with E-state index in [1.165, 1.54) is 0 Å². The summed E-state index contributed by atoms with van der Waals surface area (Å²) < 4.78 is 17.8. The summed E-state index contributed by atoms with van der Waals surface area (Å²) in [6.45, 7) is 3.38. The summed E-state index contributed by atoms with van der Waals surface area (Å²) in [4.78, 5) is 4.63. The number of hydrogen-bond donors (Lipinski definition) is 0. The van der Waals surface area contributed by atoms with Crippen molar-refractivity contribution in [1.29, 1.82) is 0 Å². The molecule has 1 fully saturated rings. The number of para-hydroxylation sites is 1. The van der Waals surface area contributed by atoms with Crippen LogP contribution in [0.4, 0.5) is 0 Å². The van der Waals surface area contributed by atoms with Gasteiger partial charge in [0.15, 0.2) is 0 Å². The highest BCUT2D eigenvalue weighted by atomic mass is 79.9. The van der Waals surface area contributed by atoms with Crippen molar-refractivity contribution in [2.75, 3.05) is 20.3 Å². The first-order valence-electron chi connectivity index (χ1n) is 8.15. The molecule has 2 heterocycles. The lowest BCUT2D eigenvalue weighted by Gasteiger charge is -2.17. The highest BCUT2D eigenvalue weighted by molar-refractivity contribution is 9.10. The van der Waals surface area contributed by atoms with Crippen LogP contribution in [0.15, 0.2) is 46.9 Å². The summed E-state index contributed by atoms with van der Waals surface area (Å²) in [6.07, 6.45) is 0.215. The third-order valence-corrected chi connectivity index (χ3v) is 4.82. The highest BCUT2D eigenvalue weighted by Crippen LogP contribution is 2.40. The third kappa shape index (κ3) is 3.22. The first-order valence-corrected chi connectivity index (χ1v) is 8.94. The van der Waals surface area contributed by atoms with Crippen LogP contribution >= 0.6 is 15.9 Å². The number of epoxide rings is 1. The standard InChI is InChI=1S/C20H18BrNO3/c1-12-19(15-5-3-4-6-18(15)25-11-14-10-24-14)16-9-13(21)7-8-17(16)22-20(12)23-2/h3-9,14H,10-11H2,1-2H3. The van der Waals surface area contributed by atoms with Gasteiger partial charge in [-0.2, -0.15) is 0 Å². The number of halogens is 1. The van der Waals surface area contributed by atoms with Crippen LogP contribution in [0.2, 0.25) is 0 Å². The van der Waals surface area contributed by atoms with E-state index in [2.05, 4.69) is 33.0 Å². The number of hydrogen-bond acceptors (Lipinski definition) is 4. The van der Waals surface area contributed by atoms with Gasteiger partial charge in [-0.15, -0.1) is 0 Å². The topological polar surface area (TPSA) is 43.9 Å². The predicted octanol–water partition coefficient (Wildman–Crippen LogP) is 4.76. The first kappa shape index (κ1) is 16.4. The van der Waals surface area contributed by atoms with Crippen LogP contribution in [0, 0.1) is 6.92 Å². The zero-order chi connectivity index (χ0) is 17.4. The van der Waals surface area contributed by atoms with Crippen LogP contribution in [0.3, 0.4) is 0 Å². The second-order valence-electron chi connectivity index (χ2n) is 6.05. The summed E-state index contributed by atoms with van der Waals surface area (Å²) in [5, 5.41) is 1.06. The van der Waals surface area contributed by atoms with Crippen molar-refractivity contribution in [2.24, 2.45) is 0 Å². The number of fused-ring (bicyclic) bond motifs is 1. The Morgan fingerprint density at radius 2 is 2.04 bits per heavy atom. The molecule has 0 bridgehead atoms. The van der Waals surface area contributed by atoms with Gasteiger partial charge in [0.25, 0.3) is 0 Å². The van der Waals surface area contributed by atoms with E-state index in [1.807, 2.05) is 37.3 Å². The zero-order valence-corrected chi connectivity index (χ0v) is 15.7. The van der Waals surface area contributed by atoms with Crippen molar-refractivity contribution >= 4 is 26.8 Å². The van der Waals surface area contributed by atoms with E-state index in [-0.39, 0.29) is 6.10 Å². The number of benzene rings is 2. The lowest BCUT2D eigenvalue weighted by molar-refractivity contribution is 0.264. The predicted molar refractivity (Wildman–Crippen MR) is 101 cm³/mol.